The van der Waals surface area contributed by atoms with Gasteiger partial charge in [0.1, 0.15) is 0 Å². The van der Waals surface area contributed by atoms with Gasteiger partial charge in [0.2, 0.25) is 0 Å². The average molecular weight is 162 g/mol. The van der Waals surface area contributed by atoms with Crippen LogP contribution in [0.2, 0.25) is 0 Å². The molecule has 2 N–H and O–H groups in total. The Hall–Kier alpha value is -0.0500. The van der Waals surface area contributed by atoms with E-state index in [2.05, 4.69) is 17.5 Å². The first-order chi connectivity index (χ1) is 4.42. The van der Waals surface area contributed by atoms with Crippen molar-refractivity contribution in [3.63, 3.8) is 0 Å². The highest BCUT2D eigenvalue weighted by molar-refractivity contribution is 5.85. The second-order valence-corrected chi connectivity index (χ2v) is 2.82. The summed E-state index contributed by atoms with van der Waals surface area (Å²) in [5, 5.41) is 12.0. The Labute approximate surface area is 66.7 Å². The third kappa shape index (κ3) is 0.965. The Bertz CT molecular complexity index is 149. The van der Waals surface area contributed by atoms with E-state index in [0.717, 1.165) is 12.5 Å². The van der Waals surface area contributed by atoms with E-state index in [0.29, 0.717) is 12.0 Å². The van der Waals surface area contributed by atoms with E-state index in [4.69, 9.17) is 5.11 Å². The van der Waals surface area contributed by atoms with E-state index in [1.54, 1.807) is 0 Å². The number of fused-ring (bicyclic) bond motifs is 1. The van der Waals surface area contributed by atoms with Gasteiger partial charge in [-0.1, -0.05) is 12.2 Å². The van der Waals surface area contributed by atoms with Crippen molar-refractivity contribution in [2.24, 2.45) is 11.8 Å². The first-order valence-corrected chi connectivity index (χ1v) is 3.44. The summed E-state index contributed by atoms with van der Waals surface area (Å²) in [5.74, 6) is 1.36. The van der Waals surface area contributed by atoms with Gasteiger partial charge in [0.25, 0.3) is 0 Å². The fourth-order valence-corrected chi connectivity index (χ4v) is 1.64. The van der Waals surface area contributed by atoms with E-state index < -0.39 is 0 Å². The van der Waals surface area contributed by atoms with Crippen LogP contribution in [0.5, 0.6) is 0 Å². The standard InChI is InChI=1S/C7H11NO.ClH/c9-4-7-6-2-1-5(6)3-8-7;/h1-2,5-9H,3-4H2;1H/t5-,6-,7?;/m0./s1. The predicted octanol–water partition coefficient (Wildman–Crippen LogP) is 0.174. The van der Waals surface area contributed by atoms with Gasteiger partial charge >= 0.3 is 0 Å². The molecule has 2 nitrogen and oxygen atoms in total. The van der Waals surface area contributed by atoms with Crippen LogP contribution in [-0.4, -0.2) is 24.3 Å². The van der Waals surface area contributed by atoms with Crippen molar-refractivity contribution in [1.29, 1.82) is 0 Å². The van der Waals surface area contributed by atoms with Crippen LogP contribution in [0.15, 0.2) is 12.2 Å². The van der Waals surface area contributed by atoms with Crippen LogP contribution in [0.4, 0.5) is 0 Å². The maximum absolute atomic E-state index is 8.79. The van der Waals surface area contributed by atoms with E-state index in [9.17, 15) is 0 Å². The number of rotatable bonds is 1. The van der Waals surface area contributed by atoms with Crippen molar-refractivity contribution in [3.8, 4) is 0 Å². The molecule has 2 rings (SSSR count). The molecular formula is C7H12ClNO. The van der Waals surface area contributed by atoms with Gasteiger partial charge in [-0.2, -0.15) is 0 Å². The minimum absolute atomic E-state index is 0. The number of hydrogen-bond donors (Lipinski definition) is 2. The molecule has 3 atom stereocenters. The average Bonchev–Trinajstić information content (AvgIpc) is 2.07. The molecule has 1 aliphatic heterocycles. The Morgan fingerprint density at radius 3 is 2.60 bits per heavy atom. The molecule has 0 aromatic rings. The molecule has 58 valence electrons. The van der Waals surface area contributed by atoms with Crippen LogP contribution >= 0.6 is 12.4 Å². The molecule has 0 aromatic heterocycles. The second-order valence-electron chi connectivity index (χ2n) is 2.82. The topological polar surface area (TPSA) is 32.3 Å². The lowest BCUT2D eigenvalue weighted by atomic mass is 9.81. The van der Waals surface area contributed by atoms with E-state index in [-0.39, 0.29) is 19.0 Å². The quantitative estimate of drug-likeness (QED) is 0.538. The number of aliphatic hydroxyl groups excluding tert-OH is 1. The smallest absolute Gasteiger partial charge is 0.0590 e. The van der Waals surface area contributed by atoms with Gasteiger partial charge < -0.3 is 10.4 Å². The lowest BCUT2D eigenvalue weighted by Crippen LogP contribution is -2.31. The molecule has 1 aliphatic carbocycles. The molecule has 0 amide bonds. The summed E-state index contributed by atoms with van der Waals surface area (Å²) in [6, 6.07) is 0.347. The lowest BCUT2D eigenvalue weighted by Gasteiger charge is -2.23. The Morgan fingerprint density at radius 2 is 2.30 bits per heavy atom. The summed E-state index contributed by atoms with van der Waals surface area (Å²) in [7, 11) is 0. The molecule has 1 heterocycles. The highest BCUT2D eigenvalue weighted by atomic mass is 35.5. The summed E-state index contributed by atoms with van der Waals surface area (Å²) in [4.78, 5) is 0. The molecule has 1 saturated heterocycles. The van der Waals surface area contributed by atoms with Crippen molar-refractivity contribution < 1.29 is 5.11 Å². The van der Waals surface area contributed by atoms with Crippen LogP contribution < -0.4 is 5.32 Å². The van der Waals surface area contributed by atoms with Crippen LogP contribution in [0.3, 0.4) is 0 Å². The Morgan fingerprint density at radius 1 is 1.50 bits per heavy atom. The third-order valence-electron chi connectivity index (χ3n) is 2.35. The molecule has 10 heavy (non-hydrogen) atoms. The Kier molecular flexibility index (Phi) is 2.34. The van der Waals surface area contributed by atoms with Gasteiger partial charge in [0, 0.05) is 18.5 Å². The van der Waals surface area contributed by atoms with Crippen LogP contribution in [0.1, 0.15) is 0 Å². The SMILES string of the molecule is Cl.OCC1NC[C@@H]2C=C[C@H]12. The van der Waals surface area contributed by atoms with Gasteiger partial charge in [-0.3, -0.25) is 0 Å². The highest BCUT2D eigenvalue weighted by Crippen LogP contribution is 2.32. The molecule has 0 spiro atoms. The molecule has 2 aliphatic rings. The third-order valence-corrected chi connectivity index (χ3v) is 2.35. The lowest BCUT2D eigenvalue weighted by molar-refractivity contribution is 0.232. The van der Waals surface area contributed by atoms with Gasteiger partial charge in [0.15, 0.2) is 0 Å². The van der Waals surface area contributed by atoms with Crippen LogP contribution in [-0.2, 0) is 0 Å². The second kappa shape index (κ2) is 2.91. The summed E-state index contributed by atoms with van der Waals surface area (Å²) < 4.78 is 0. The first kappa shape index (κ1) is 8.05. The van der Waals surface area contributed by atoms with Gasteiger partial charge in [-0.15, -0.1) is 12.4 Å². The first-order valence-electron chi connectivity index (χ1n) is 3.44. The molecule has 0 radical (unpaired) electrons. The fourth-order valence-electron chi connectivity index (χ4n) is 1.64. The largest absolute Gasteiger partial charge is 0.395 e. The maximum atomic E-state index is 8.79. The zero-order valence-electron chi connectivity index (χ0n) is 5.66. The number of halogens is 1. The molecule has 0 aromatic carbocycles. The number of nitrogens with one attached hydrogen (secondary N) is 1. The summed E-state index contributed by atoms with van der Waals surface area (Å²) in [6.07, 6.45) is 4.40. The van der Waals surface area contributed by atoms with Crippen molar-refractivity contribution in [1.82, 2.24) is 5.32 Å². The van der Waals surface area contributed by atoms with Gasteiger partial charge in [0.05, 0.1) is 6.61 Å². The molecule has 1 unspecified atom stereocenters. The van der Waals surface area contributed by atoms with Crippen molar-refractivity contribution in [3.05, 3.63) is 12.2 Å². The summed E-state index contributed by atoms with van der Waals surface area (Å²) >= 11 is 0. The van der Waals surface area contributed by atoms with Crippen LogP contribution in [0, 0.1) is 11.8 Å². The highest BCUT2D eigenvalue weighted by Gasteiger charge is 2.36. The molecule has 0 bridgehead atoms. The normalized spacial score (nSPS) is 41.9. The van der Waals surface area contributed by atoms with Crippen molar-refractivity contribution >= 4 is 12.4 Å². The number of hydrogen-bond acceptors (Lipinski definition) is 2. The molecule has 3 heteroatoms. The van der Waals surface area contributed by atoms with Crippen molar-refractivity contribution in [2.45, 2.75) is 6.04 Å². The zero-order valence-corrected chi connectivity index (χ0v) is 6.47. The minimum atomic E-state index is 0. The maximum Gasteiger partial charge on any atom is 0.0590 e. The molecule has 0 saturated carbocycles. The zero-order chi connectivity index (χ0) is 6.27. The molecule has 1 fully saturated rings. The fraction of sp³-hybridized carbons (Fsp3) is 0.714. The predicted molar refractivity (Wildman–Crippen MR) is 42.2 cm³/mol. The summed E-state index contributed by atoms with van der Waals surface area (Å²) in [5.41, 5.74) is 0. The van der Waals surface area contributed by atoms with Crippen LogP contribution in [0.25, 0.3) is 0 Å². The van der Waals surface area contributed by atoms with Gasteiger partial charge in [-0.25, -0.2) is 0 Å². The number of aliphatic hydroxyl groups is 1. The van der Waals surface area contributed by atoms with Crippen molar-refractivity contribution in [2.75, 3.05) is 13.2 Å². The summed E-state index contributed by atoms with van der Waals surface area (Å²) in [6.45, 7) is 1.35. The van der Waals surface area contributed by atoms with E-state index >= 15 is 0 Å². The monoisotopic (exact) mass is 161 g/mol. The Balaban J connectivity index is 0.000000500. The van der Waals surface area contributed by atoms with E-state index in [1.165, 1.54) is 0 Å². The molecular weight excluding hydrogens is 150 g/mol. The van der Waals surface area contributed by atoms with Gasteiger partial charge in [-0.05, 0) is 5.92 Å². The minimum Gasteiger partial charge on any atom is -0.395 e. The van der Waals surface area contributed by atoms with E-state index in [1.807, 2.05) is 0 Å².